The second kappa shape index (κ2) is 12.6. The van der Waals surface area contributed by atoms with Crippen LogP contribution in [-0.4, -0.2) is 65.1 Å². The van der Waals surface area contributed by atoms with Crippen molar-refractivity contribution in [1.82, 2.24) is 20.0 Å². The lowest BCUT2D eigenvalue weighted by Gasteiger charge is -2.19. The largest absolute Gasteiger partial charge is 0.392 e. The summed E-state index contributed by atoms with van der Waals surface area (Å²) < 4.78 is 6.68. The van der Waals surface area contributed by atoms with Crippen LogP contribution in [0.2, 0.25) is 10.0 Å². The van der Waals surface area contributed by atoms with E-state index in [0.29, 0.717) is 40.1 Å². The number of carbonyl (C=O) groups is 1. The summed E-state index contributed by atoms with van der Waals surface area (Å²) >= 11 is 12.8. The molecule has 0 saturated carbocycles. The van der Waals surface area contributed by atoms with Gasteiger partial charge in [-0.3, -0.25) is 9.69 Å². The van der Waals surface area contributed by atoms with E-state index in [2.05, 4.69) is 27.2 Å². The summed E-state index contributed by atoms with van der Waals surface area (Å²) in [7, 11) is 3.65. The van der Waals surface area contributed by atoms with Crippen molar-refractivity contribution in [1.29, 1.82) is 0 Å². The van der Waals surface area contributed by atoms with E-state index < -0.39 is 5.54 Å². The highest BCUT2D eigenvalue weighted by molar-refractivity contribution is 6.32. The summed E-state index contributed by atoms with van der Waals surface area (Å²) in [5.74, 6) is 5.88. The molecule has 0 saturated heterocycles. The maximum Gasteiger partial charge on any atom is 0.272 e. The maximum atomic E-state index is 13.1. The lowest BCUT2D eigenvalue weighted by atomic mass is 10.0. The highest BCUT2D eigenvalue weighted by atomic mass is 35.5. The Morgan fingerprint density at radius 2 is 1.89 bits per heavy atom. The quantitative estimate of drug-likeness (QED) is 0.400. The number of aliphatic hydroxyl groups excluding tert-OH is 1. The zero-order chi connectivity index (χ0) is 27.2. The number of nitrogens with one attached hydrogen (secondary N) is 1. The number of benzene rings is 2. The molecule has 0 radical (unpaired) electrons. The Kier molecular flexibility index (Phi) is 9.77. The van der Waals surface area contributed by atoms with Gasteiger partial charge < -0.3 is 15.2 Å². The van der Waals surface area contributed by atoms with E-state index in [1.165, 1.54) is 0 Å². The lowest BCUT2D eigenvalue weighted by molar-refractivity contribution is 0.0911. The Morgan fingerprint density at radius 3 is 2.49 bits per heavy atom. The predicted octanol–water partition coefficient (Wildman–Crippen LogP) is 4.80. The predicted molar refractivity (Wildman–Crippen MR) is 148 cm³/mol. The van der Waals surface area contributed by atoms with E-state index in [-0.39, 0.29) is 18.2 Å². The number of hydrogen-bond donors (Lipinski definition) is 2. The fourth-order valence-electron chi connectivity index (χ4n) is 3.62. The van der Waals surface area contributed by atoms with Gasteiger partial charge in [0.15, 0.2) is 5.69 Å². The third-order valence-electron chi connectivity index (χ3n) is 5.40. The SMILES string of the molecule is COCCN(C)CC#Cc1ccc(-n2nc(C(=O)NC(C)(C)C)c(CO)c2-c2ccc(Cl)cc2)c(Cl)c1. The fourth-order valence-corrected chi connectivity index (χ4v) is 4.01. The smallest absolute Gasteiger partial charge is 0.272 e. The molecule has 9 heteroatoms. The highest BCUT2D eigenvalue weighted by Crippen LogP contribution is 2.33. The average Bonchev–Trinajstić information content (AvgIpc) is 3.22. The van der Waals surface area contributed by atoms with Gasteiger partial charge >= 0.3 is 0 Å². The highest BCUT2D eigenvalue weighted by Gasteiger charge is 2.27. The standard InChI is InChI=1S/C28H32Cl2N4O3/c1-28(2,3)31-27(36)25-22(18-35)26(20-9-11-21(29)12-10-20)34(32-25)24-13-8-19(17-23(24)30)7-6-14-33(4)15-16-37-5/h8-13,17,35H,14-16,18H2,1-5H3,(H,31,36). The van der Waals surface area contributed by atoms with Crippen molar-refractivity contribution in [2.24, 2.45) is 0 Å². The Hall–Kier alpha value is -2.86. The molecule has 2 N–H and O–H groups in total. The van der Waals surface area contributed by atoms with Gasteiger partial charge in [-0.25, -0.2) is 4.68 Å². The maximum absolute atomic E-state index is 13.1. The van der Waals surface area contributed by atoms with Crippen LogP contribution in [0.5, 0.6) is 0 Å². The zero-order valence-corrected chi connectivity index (χ0v) is 23.2. The molecule has 1 heterocycles. The molecule has 0 aliphatic rings. The second-order valence-electron chi connectivity index (χ2n) is 9.66. The van der Waals surface area contributed by atoms with E-state index in [1.807, 2.05) is 46.0 Å². The molecular weight excluding hydrogens is 511 g/mol. The number of likely N-dealkylation sites (N-methyl/N-ethyl adjacent to an activating group) is 1. The van der Waals surface area contributed by atoms with Crippen LogP contribution in [0.25, 0.3) is 16.9 Å². The van der Waals surface area contributed by atoms with E-state index >= 15 is 0 Å². The van der Waals surface area contributed by atoms with Crippen LogP contribution < -0.4 is 5.32 Å². The van der Waals surface area contributed by atoms with Crippen molar-refractivity contribution < 1.29 is 14.6 Å². The molecule has 3 aromatic rings. The number of methoxy groups -OCH3 is 1. The van der Waals surface area contributed by atoms with Gasteiger partial charge in [-0.2, -0.15) is 5.10 Å². The topological polar surface area (TPSA) is 79.6 Å². The van der Waals surface area contributed by atoms with E-state index in [9.17, 15) is 9.90 Å². The van der Waals surface area contributed by atoms with Gasteiger partial charge in [-0.1, -0.05) is 47.2 Å². The van der Waals surface area contributed by atoms with Gasteiger partial charge in [0.2, 0.25) is 0 Å². The summed E-state index contributed by atoms with van der Waals surface area (Å²) in [4.78, 5) is 15.2. The van der Waals surface area contributed by atoms with Crippen molar-refractivity contribution in [3.63, 3.8) is 0 Å². The summed E-state index contributed by atoms with van der Waals surface area (Å²) in [6.45, 7) is 7.28. The number of ether oxygens (including phenoxy) is 1. The van der Waals surface area contributed by atoms with Crippen LogP contribution in [-0.2, 0) is 11.3 Å². The molecule has 0 spiro atoms. The van der Waals surface area contributed by atoms with Crippen LogP contribution in [0, 0.1) is 11.8 Å². The summed E-state index contributed by atoms with van der Waals surface area (Å²) in [6.07, 6.45) is 0. The van der Waals surface area contributed by atoms with Crippen LogP contribution in [0.15, 0.2) is 42.5 Å². The molecule has 1 amide bonds. The first-order valence-electron chi connectivity index (χ1n) is 11.8. The van der Waals surface area contributed by atoms with Crippen molar-refractivity contribution in [3.8, 4) is 28.8 Å². The van der Waals surface area contributed by atoms with Crippen LogP contribution in [0.1, 0.15) is 42.4 Å². The Labute approximate surface area is 228 Å². The van der Waals surface area contributed by atoms with Gasteiger partial charge in [-0.15, -0.1) is 0 Å². The molecule has 0 bridgehead atoms. The molecule has 0 aliphatic carbocycles. The van der Waals surface area contributed by atoms with Crippen molar-refractivity contribution in [3.05, 3.63) is 69.3 Å². The minimum atomic E-state index is -0.483. The number of aromatic nitrogens is 2. The normalized spacial score (nSPS) is 11.4. The van der Waals surface area contributed by atoms with Crippen molar-refractivity contribution >= 4 is 29.1 Å². The van der Waals surface area contributed by atoms with E-state index in [1.54, 1.807) is 36.1 Å². The molecule has 0 fully saturated rings. The molecule has 37 heavy (non-hydrogen) atoms. The van der Waals surface area contributed by atoms with Gasteiger partial charge in [0.25, 0.3) is 5.91 Å². The third kappa shape index (κ3) is 7.57. The van der Waals surface area contributed by atoms with Gasteiger partial charge in [0.05, 0.1) is 36.2 Å². The zero-order valence-electron chi connectivity index (χ0n) is 21.7. The van der Waals surface area contributed by atoms with Crippen molar-refractivity contribution in [2.45, 2.75) is 32.9 Å². The summed E-state index contributed by atoms with van der Waals surface area (Å²) in [5, 5.41) is 18.8. The number of aliphatic hydroxyl groups is 1. The fraction of sp³-hybridized carbons (Fsp3) is 0.357. The third-order valence-corrected chi connectivity index (χ3v) is 5.95. The summed E-state index contributed by atoms with van der Waals surface area (Å²) in [5.41, 5.74) is 2.63. The number of halogens is 2. The van der Waals surface area contributed by atoms with Crippen LogP contribution in [0.4, 0.5) is 0 Å². The molecule has 0 atom stereocenters. The second-order valence-corrected chi connectivity index (χ2v) is 10.5. The van der Waals surface area contributed by atoms with Crippen LogP contribution in [0.3, 0.4) is 0 Å². The number of hydrogen-bond acceptors (Lipinski definition) is 5. The number of carbonyl (C=O) groups excluding carboxylic acids is 1. The molecule has 0 aliphatic heterocycles. The Balaban J connectivity index is 2.06. The summed E-state index contributed by atoms with van der Waals surface area (Å²) in [6, 6.07) is 12.5. The van der Waals surface area contributed by atoms with Gasteiger partial charge in [-0.05, 0) is 58.2 Å². The van der Waals surface area contributed by atoms with Gasteiger partial charge in [0, 0.05) is 40.9 Å². The Morgan fingerprint density at radius 1 is 1.19 bits per heavy atom. The molecule has 196 valence electrons. The minimum absolute atomic E-state index is 0.126. The molecule has 0 unspecified atom stereocenters. The first-order chi connectivity index (χ1) is 17.5. The number of nitrogens with zero attached hydrogens (tertiary/aromatic N) is 3. The lowest BCUT2D eigenvalue weighted by Crippen LogP contribution is -2.41. The van der Waals surface area contributed by atoms with E-state index in [4.69, 9.17) is 27.9 Å². The van der Waals surface area contributed by atoms with Crippen molar-refractivity contribution in [2.75, 3.05) is 33.9 Å². The molecule has 1 aromatic heterocycles. The first-order valence-corrected chi connectivity index (χ1v) is 12.6. The molecular formula is C28H32Cl2N4O3. The molecule has 3 rings (SSSR count). The molecule has 7 nitrogen and oxygen atoms in total. The monoisotopic (exact) mass is 542 g/mol. The van der Waals surface area contributed by atoms with Crippen LogP contribution >= 0.6 is 23.2 Å². The van der Waals surface area contributed by atoms with E-state index in [0.717, 1.165) is 17.7 Å². The average molecular weight is 543 g/mol. The number of amides is 1. The molecule has 2 aromatic carbocycles. The minimum Gasteiger partial charge on any atom is -0.392 e. The first kappa shape index (κ1) is 28.7. The van der Waals surface area contributed by atoms with Gasteiger partial charge in [0.1, 0.15) is 0 Å². The number of rotatable bonds is 8. The Bertz CT molecular complexity index is 1300.